The van der Waals surface area contributed by atoms with Crippen molar-refractivity contribution in [2.24, 2.45) is 11.7 Å². The molecule has 0 aromatic rings. The molecule has 0 aromatic heterocycles. The molecule has 1 fully saturated rings. The maximum atomic E-state index is 11.9. The van der Waals surface area contributed by atoms with Gasteiger partial charge in [-0.1, -0.05) is 0 Å². The van der Waals surface area contributed by atoms with Crippen LogP contribution in [0.15, 0.2) is 0 Å². The molecule has 5 nitrogen and oxygen atoms in total. The lowest BCUT2D eigenvalue weighted by molar-refractivity contribution is -0.134. The van der Waals surface area contributed by atoms with E-state index in [-0.39, 0.29) is 11.8 Å². The average molecular weight is 255 g/mol. The second-order valence-corrected chi connectivity index (χ2v) is 5.14. The van der Waals surface area contributed by atoms with Crippen molar-refractivity contribution in [2.75, 3.05) is 26.2 Å². The van der Waals surface area contributed by atoms with Crippen molar-refractivity contribution in [1.29, 1.82) is 0 Å². The first-order valence-electron chi connectivity index (χ1n) is 6.75. The van der Waals surface area contributed by atoms with Crippen LogP contribution in [0.5, 0.6) is 0 Å². The van der Waals surface area contributed by atoms with Crippen molar-refractivity contribution < 1.29 is 9.59 Å². The predicted octanol–water partition coefficient (Wildman–Crippen LogP) is 0.441. The van der Waals surface area contributed by atoms with Crippen LogP contribution in [0.3, 0.4) is 0 Å². The molecule has 0 aliphatic carbocycles. The number of amides is 2. The van der Waals surface area contributed by atoms with E-state index in [4.69, 9.17) is 5.73 Å². The summed E-state index contributed by atoms with van der Waals surface area (Å²) in [7, 11) is 0. The van der Waals surface area contributed by atoms with Crippen LogP contribution in [-0.4, -0.2) is 53.8 Å². The van der Waals surface area contributed by atoms with Gasteiger partial charge in [0.15, 0.2) is 0 Å². The summed E-state index contributed by atoms with van der Waals surface area (Å²) in [5.74, 6) is 0.504. The summed E-state index contributed by atoms with van der Waals surface area (Å²) in [5, 5.41) is 0. The van der Waals surface area contributed by atoms with E-state index < -0.39 is 6.04 Å². The Morgan fingerprint density at radius 2 is 2.17 bits per heavy atom. The fourth-order valence-electron chi connectivity index (χ4n) is 2.49. The molecule has 0 bridgehead atoms. The van der Waals surface area contributed by atoms with Gasteiger partial charge in [-0.05, 0) is 32.6 Å². The molecule has 2 unspecified atom stereocenters. The molecule has 0 aromatic carbocycles. The zero-order valence-corrected chi connectivity index (χ0v) is 11.7. The van der Waals surface area contributed by atoms with Gasteiger partial charge >= 0.3 is 0 Å². The number of hydrogen-bond donors (Lipinski definition) is 1. The minimum absolute atomic E-state index is 0.0190. The number of piperidine rings is 1. The highest BCUT2D eigenvalue weighted by Crippen LogP contribution is 2.18. The summed E-state index contributed by atoms with van der Waals surface area (Å²) >= 11 is 0. The molecule has 1 rings (SSSR count). The molecule has 18 heavy (non-hydrogen) atoms. The summed E-state index contributed by atoms with van der Waals surface area (Å²) in [4.78, 5) is 26.9. The Hall–Kier alpha value is -1.10. The van der Waals surface area contributed by atoms with Gasteiger partial charge in [0.25, 0.3) is 0 Å². The van der Waals surface area contributed by atoms with E-state index >= 15 is 0 Å². The van der Waals surface area contributed by atoms with Crippen molar-refractivity contribution in [3.63, 3.8) is 0 Å². The molecule has 2 amide bonds. The van der Waals surface area contributed by atoms with Gasteiger partial charge in [-0.25, -0.2) is 0 Å². The van der Waals surface area contributed by atoms with Gasteiger partial charge in [0, 0.05) is 33.1 Å². The molecule has 1 aliphatic heterocycles. The highest BCUT2D eigenvalue weighted by atomic mass is 16.2. The molecule has 2 N–H and O–H groups in total. The largest absolute Gasteiger partial charge is 0.343 e. The molecule has 1 heterocycles. The summed E-state index contributed by atoms with van der Waals surface area (Å²) in [6.45, 7) is 8.29. The van der Waals surface area contributed by atoms with Crippen molar-refractivity contribution in [1.82, 2.24) is 9.80 Å². The second kappa shape index (κ2) is 6.73. The zero-order valence-electron chi connectivity index (χ0n) is 11.7. The Morgan fingerprint density at radius 3 is 2.67 bits per heavy atom. The van der Waals surface area contributed by atoms with Crippen LogP contribution in [0.25, 0.3) is 0 Å². The monoisotopic (exact) mass is 255 g/mol. The number of carbonyl (C=O) groups is 2. The van der Waals surface area contributed by atoms with Gasteiger partial charge in [-0.2, -0.15) is 0 Å². The van der Waals surface area contributed by atoms with Gasteiger partial charge in [0.1, 0.15) is 0 Å². The summed E-state index contributed by atoms with van der Waals surface area (Å²) in [6, 6.07) is -0.432. The van der Waals surface area contributed by atoms with E-state index in [1.54, 1.807) is 13.8 Å². The maximum absolute atomic E-state index is 11.9. The molecule has 2 atom stereocenters. The van der Waals surface area contributed by atoms with Crippen LogP contribution in [0.4, 0.5) is 0 Å². The minimum atomic E-state index is -0.432. The quantitative estimate of drug-likeness (QED) is 0.792. The summed E-state index contributed by atoms with van der Waals surface area (Å²) in [5.41, 5.74) is 5.63. The fraction of sp³-hybridized carbons (Fsp3) is 0.846. The third-order valence-corrected chi connectivity index (χ3v) is 3.53. The summed E-state index contributed by atoms with van der Waals surface area (Å²) in [6.07, 6.45) is 2.07. The molecule has 0 saturated carbocycles. The van der Waals surface area contributed by atoms with Crippen molar-refractivity contribution in [2.45, 2.75) is 39.7 Å². The zero-order chi connectivity index (χ0) is 13.7. The van der Waals surface area contributed by atoms with Gasteiger partial charge in [0.2, 0.25) is 11.8 Å². The van der Waals surface area contributed by atoms with Crippen LogP contribution in [-0.2, 0) is 9.59 Å². The lowest BCUT2D eigenvalue weighted by Crippen LogP contribution is -2.49. The Morgan fingerprint density at radius 1 is 1.50 bits per heavy atom. The topological polar surface area (TPSA) is 66.6 Å². The van der Waals surface area contributed by atoms with Gasteiger partial charge < -0.3 is 15.5 Å². The van der Waals surface area contributed by atoms with Gasteiger partial charge in [-0.3, -0.25) is 9.59 Å². The highest BCUT2D eigenvalue weighted by molar-refractivity contribution is 5.81. The molecule has 1 aliphatic rings. The molecular weight excluding hydrogens is 230 g/mol. The minimum Gasteiger partial charge on any atom is -0.343 e. The normalized spacial score (nSPS) is 21.6. The standard InChI is InChI=1S/C13H25N3O2/c1-4-15(11(3)17)8-12-6-5-7-16(9-12)13(18)10(2)14/h10,12H,4-9,14H2,1-3H3. The van der Waals surface area contributed by atoms with E-state index in [0.29, 0.717) is 5.92 Å². The maximum Gasteiger partial charge on any atom is 0.239 e. The molecular formula is C13H25N3O2. The molecule has 1 saturated heterocycles. The summed E-state index contributed by atoms with van der Waals surface area (Å²) < 4.78 is 0. The average Bonchev–Trinajstić information content (AvgIpc) is 2.34. The second-order valence-electron chi connectivity index (χ2n) is 5.14. The smallest absolute Gasteiger partial charge is 0.239 e. The van der Waals surface area contributed by atoms with Crippen LogP contribution in [0.1, 0.15) is 33.6 Å². The van der Waals surface area contributed by atoms with Crippen LogP contribution in [0.2, 0.25) is 0 Å². The predicted molar refractivity (Wildman–Crippen MR) is 70.9 cm³/mol. The van der Waals surface area contributed by atoms with Crippen molar-refractivity contribution >= 4 is 11.8 Å². The van der Waals surface area contributed by atoms with E-state index in [0.717, 1.165) is 39.0 Å². The first-order chi connectivity index (χ1) is 8.45. The SMILES string of the molecule is CCN(CC1CCCN(C(=O)C(C)N)C1)C(C)=O. The number of nitrogens with two attached hydrogens (primary N) is 1. The molecule has 104 valence electrons. The van der Waals surface area contributed by atoms with E-state index in [1.165, 1.54) is 0 Å². The Balaban J connectivity index is 2.53. The number of likely N-dealkylation sites (tertiary alicyclic amines) is 1. The number of rotatable bonds is 4. The number of nitrogens with zero attached hydrogens (tertiary/aromatic N) is 2. The van der Waals surface area contributed by atoms with Crippen LogP contribution >= 0.6 is 0 Å². The lowest BCUT2D eigenvalue weighted by Gasteiger charge is -2.36. The number of carbonyl (C=O) groups excluding carboxylic acids is 2. The Kier molecular flexibility index (Phi) is 5.59. The van der Waals surface area contributed by atoms with E-state index in [1.807, 2.05) is 16.7 Å². The Bertz CT molecular complexity index is 305. The van der Waals surface area contributed by atoms with E-state index in [9.17, 15) is 9.59 Å². The third kappa shape index (κ3) is 3.98. The third-order valence-electron chi connectivity index (χ3n) is 3.53. The van der Waals surface area contributed by atoms with Crippen LogP contribution < -0.4 is 5.73 Å². The van der Waals surface area contributed by atoms with Crippen molar-refractivity contribution in [3.05, 3.63) is 0 Å². The highest BCUT2D eigenvalue weighted by Gasteiger charge is 2.26. The van der Waals surface area contributed by atoms with E-state index in [2.05, 4.69) is 0 Å². The first-order valence-corrected chi connectivity index (χ1v) is 6.75. The molecule has 0 radical (unpaired) electrons. The number of hydrogen-bond acceptors (Lipinski definition) is 3. The lowest BCUT2D eigenvalue weighted by atomic mass is 9.97. The Labute approximate surface area is 109 Å². The van der Waals surface area contributed by atoms with Crippen molar-refractivity contribution in [3.8, 4) is 0 Å². The van der Waals surface area contributed by atoms with Crippen LogP contribution in [0, 0.1) is 5.92 Å². The first kappa shape index (κ1) is 15.0. The van der Waals surface area contributed by atoms with Gasteiger partial charge in [-0.15, -0.1) is 0 Å². The molecule has 5 heteroatoms. The van der Waals surface area contributed by atoms with Gasteiger partial charge in [0.05, 0.1) is 6.04 Å². The fourth-order valence-corrected chi connectivity index (χ4v) is 2.49. The molecule has 0 spiro atoms.